The number of fused-ring (bicyclic) bond motifs is 2. The number of hydrogen-bond acceptors (Lipinski definition) is 6. The average molecular weight is 685 g/mol. The van der Waals surface area contributed by atoms with Gasteiger partial charge in [0.2, 0.25) is 0 Å². The Bertz CT molecular complexity index is 1990. The molecule has 0 radical (unpaired) electrons. The minimum atomic E-state index is -0.232. The Morgan fingerprint density at radius 3 is 0.788 bits per heavy atom. The van der Waals surface area contributed by atoms with Crippen molar-refractivity contribution in [2.75, 3.05) is 21.3 Å². The fourth-order valence-electron chi connectivity index (χ4n) is 6.91. The van der Waals surface area contributed by atoms with Crippen LogP contribution in [0.2, 0.25) is 0 Å². The maximum absolute atomic E-state index is 15.2. The van der Waals surface area contributed by atoms with Gasteiger partial charge in [-0.25, -0.2) is 0 Å². The van der Waals surface area contributed by atoms with E-state index < -0.39 is 0 Å². The van der Waals surface area contributed by atoms with Crippen LogP contribution in [0.3, 0.4) is 0 Å². The number of anilines is 8. The zero-order valence-corrected chi connectivity index (χ0v) is 30.2. The molecule has 0 bridgehead atoms. The Hall–Kier alpha value is -6.14. The molecular weight excluding hydrogens is 641 g/mol. The number of nitrogens with one attached hydrogen (secondary N) is 4. The number of carbonyl (C=O) groups excluding carboxylic acids is 2. The number of carbonyl (C=O) groups is 2. The molecule has 0 atom stereocenters. The third kappa shape index (κ3) is 6.93. The van der Waals surface area contributed by atoms with Crippen molar-refractivity contribution in [2.45, 2.75) is 53.4 Å². The summed E-state index contributed by atoms with van der Waals surface area (Å²) in [6.07, 6.45) is 3.51. The van der Waals surface area contributed by atoms with E-state index in [0.29, 0.717) is 45.0 Å². The monoisotopic (exact) mass is 684 g/mol. The van der Waals surface area contributed by atoms with Gasteiger partial charge in [-0.3, -0.25) is 9.59 Å². The van der Waals surface area contributed by atoms with Crippen LogP contribution in [0.1, 0.15) is 81.8 Å². The zero-order valence-electron chi connectivity index (χ0n) is 30.2. The van der Waals surface area contributed by atoms with Crippen LogP contribution in [0.15, 0.2) is 121 Å². The van der Waals surface area contributed by atoms with Crippen molar-refractivity contribution in [3.8, 4) is 0 Å². The Labute approximate surface area is 306 Å². The van der Waals surface area contributed by atoms with E-state index in [9.17, 15) is 0 Å². The van der Waals surface area contributed by atoms with Crippen LogP contribution in [0.4, 0.5) is 45.5 Å². The molecule has 0 aromatic heterocycles. The van der Waals surface area contributed by atoms with Crippen molar-refractivity contribution in [1.29, 1.82) is 0 Å². The summed E-state index contributed by atoms with van der Waals surface area (Å²) >= 11 is 0. The van der Waals surface area contributed by atoms with E-state index >= 15 is 9.59 Å². The fourth-order valence-corrected chi connectivity index (χ4v) is 6.91. The van der Waals surface area contributed by atoms with Crippen molar-refractivity contribution in [2.24, 2.45) is 0 Å². The van der Waals surface area contributed by atoms with E-state index in [4.69, 9.17) is 0 Å². The first-order valence-corrected chi connectivity index (χ1v) is 18.3. The van der Waals surface area contributed by atoms with E-state index in [2.05, 4.69) is 97.5 Å². The molecule has 0 amide bonds. The summed E-state index contributed by atoms with van der Waals surface area (Å²) in [5.74, 6) is -0.463. The largest absolute Gasteiger partial charge is 0.355 e. The number of rotatable bonds is 12. The molecule has 6 heteroatoms. The van der Waals surface area contributed by atoms with Crippen molar-refractivity contribution >= 4 is 57.1 Å². The van der Waals surface area contributed by atoms with Crippen molar-refractivity contribution < 1.29 is 9.59 Å². The van der Waals surface area contributed by atoms with Gasteiger partial charge < -0.3 is 21.3 Å². The maximum atomic E-state index is 15.2. The lowest BCUT2D eigenvalue weighted by molar-refractivity contribution is 0.0981. The Kier molecular flexibility index (Phi) is 9.90. The van der Waals surface area contributed by atoms with Crippen LogP contribution in [-0.4, -0.2) is 11.6 Å². The first-order valence-electron chi connectivity index (χ1n) is 18.3. The van der Waals surface area contributed by atoms with Crippen molar-refractivity contribution in [3.05, 3.63) is 166 Å². The topological polar surface area (TPSA) is 82.3 Å². The molecule has 0 saturated heterocycles. The molecule has 4 N–H and O–H groups in total. The molecule has 6 aromatic rings. The zero-order chi connectivity index (χ0) is 36.2. The molecule has 52 heavy (non-hydrogen) atoms. The van der Waals surface area contributed by atoms with Gasteiger partial charge in [0.1, 0.15) is 0 Å². The second kappa shape index (κ2) is 15.0. The van der Waals surface area contributed by atoms with Crippen molar-refractivity contribution in [1.82, 2.24) is 0 Å². The van der Waals surface area contributed by atoms with E-state index in [1.54, 1.807) is 0 Å². The SMILES string of the molecule is CCc1cccc(Nc2ccc(Nc3cccc(CC)c3)c3c2C(=O)c2c(Nc4cccc(CC)c4)ccc(Nc4cccc(CC)c4)c2C3=O)c1. The highest BCUT2D eigenvalue weighted by Gasteiger charge is 2.38. The van der Waals surface area contributed by atoms with Crippen LogP contribution in [0, 0.1) is 0 Å². The molecule has 6 nitrogen and oxygen atoms in total. The first kappa shape index (κ1) is 34.3. The van der Waals surface area contributed by atoms with Gasteiger partial charge in [-0.1, -0.05) is 76.2 Å². The summed E-state index contributed by atoms with van der Waals surface area (Å²) in [4.78, 5) is 30.5. The van der Waals surface area contributed by atoms with Gasteiger partial charge in [-0.15, -0.1) is 0 Å². The Morgan fingerprint density at radius 1 is 0.346 bits per heavy atom. The molecule has 0 unspecified atom stereocenters. The number of hydrogen-bond donors (Lipinski definition) is 4. The Morgan fingerprint density at radius 2 is 0.577 bits per heavy atom. The first-order chi connectivity index (χ1) is 25.4. The minimum Gasteiger partial charge on any atom is -0.355 e. The Balaban J connectivity index is 1.43. The van der Waals surface area contributed by atoms with Crippen LogP contribution in [-0.2, 0) is 25.7 Å². The molecule has 1 aliphatic rings. The van der Waals surface area contributed by atoms with E-state index in [0.717, 1.165) is 48.4 Å². The molecule has 0 spiro atoms. The minimum absolute atomic E-state index is 0.232. The third-order valence-electron chi connectivity index (χ3n) is 9.78. The molecule has 0 aliphatic heterocycles. The molecule has 1 aliphatic carbocycles. The number of ketones is 2. The molecule has 7 rings (SSSR count). The van der Waals surface area contributed by atoms with Gasteiger partial charge >= 0.3 is 0 Å². The lowest BCUT2D eigenvalue weighted by Crippen LogP contribution is -2.26. The smallest absolute Gasteiger partial charge is 0.198 e. The van der Waals surface area contributed by atoms with Crippen LogP contribution >= 0.6 is 0 Å². The molecule has 0 fully saturated rings. The quantitative estimate of drug-likeness (QED) is 0.103. The van der Waals surface area contributed by atoms with E-state index in [1.165, 1.54) is 22.3 Å². The number of aryl methyl sites for hydroxylation is 4. The van der Waals surface area contributed by atoms with Gasteiger partial charge in [-0.05, 0) is 121 Å². The third-order valence-corrected chi connectivity index (χ3v) is 9.78. The highest BCUT2D eigenvalue weighted by molar-refractivity contribution is 6.35. The lowest BCUT2D eigenvalue weighted by Gasteiger charge is -2.28. The summed E-state index contributed by atoms with van der Waals surface area (Å²) in [5, 5.41) is 14.0. The van der Waals surface area contributed by atoms with Crippen molar-refractivity contribution in [3.63, 3.8) is 0 Å². The second-order valence-corrected chi connectivity index (χ2v) is 13.2. The standard InChI is InChI=1S/C46H44N4O2/c1-5-29-13-9-17-33(25-29)47-37-21-22-38(48-34-18-10-14-30(6-2)26-34)42-41(37)45(51)43-39(49-35-19-11-15-31(7-3)27-35)23-24-40(44(43)46(42)52)50-36-20-12-16-32(8-4)28-36/h9-28,47-50H,5-8H2,1-4H3. The second-order valence-electron chi connectivity index (χ2n) is 13.2. The highest BCUT2D eigenvalue weighted by atomic mass is 16.1. The summed E-state index contributed by atoms with van der Waals surface area (Å²) in [7, 11) is 0. The van der Waals surface area contributed by atoms with Gasteiger partial charge in [0.15, 0.2) is 11.6 Å². The normalized spacial score (nSPS) is 11.8. The van der Waals surface area contributed by atoms with Gasteiger partial charge in [0, 0.05) is 22.7 Å². The highest BCUT2D eigenvalue weighted by Crippen LogP contribution is 2.44. The average Bonchev–Trinajstić information content (AvgIpc) is 3.18. The molecule has 0 heterocycles. The maximum Gasteiger partial charge on any atom is 0.198 e. The summed E-state index contributed by atoms with van der Waals surface area (Å²) in [6, 6.07) is 40.2. The predicted molar refractivity (Wildman–Crippen MR) is 216 cm³/mol. The number of benzene rings is 6. The summed E-state index contributed by atoms with van der Waals surface area (Å²) < 4.78 is 0. The lowest BCUT2D eigenvalue weighted by atomic mass is 9.80. The molecule has 6 aromatic carbocycles. The van der Waals surface area contributed by atoms with Gasteiger partial charge in [-0.2, -0.15) is 0 Å². The fraction of sp³-hybridized carbons (Fsp3) is 0.174. The van der Waals surface area contributed by atoms with E-state index in [1.807, 2.05) is 72.8 Å². The molecule has 260 valence electrons. The van der Waals surface area contributed by atoms with Crippen LogP contribution in [0.5, 0.6) is 0 Å². The molecule has 0 saturated carbocycles. The van der Waals surface area contributed by atoms with Crippen LogP contribution < -0.4 is 21.3 Å². The summed E-state index contributed by atoms with van der Waals surface area (Å²) in [5.41, 5.74) is 11.8. The molecular formula is C46H44N4O2. The van der Waals surface area contributed by atoms with Crippen LogP contribution in [0.25, 0.3) is 0 Å². The van der Waals surface area contributed by atoms with Gasteiger partial charge in [0.25, 0.3) is 0 Å². The predicted octanol–water partition coefficient (Wildman–Crippen LogP) is 11.7. The van der Waals surface area contributed by atoms with E-state index in [-0.39, 0.29) is 11.6 Å². The van der Waals surface area contributed by atoms with Gasteiger partial charge in [0.05, 0.1) is 45.0 Å². The summed E-state index contributed by atoms with van der Waals surface area (Å²) in [6.45, 7) is 8.46.